The number of furan rings is 1. The molecule has 0 saturated heterocycles. The molecule has 0 spiro atoms. The zero-order valence-electron chi connectivity index (χ0n) is 6.38. The number of hydrogen-bond donors (Lipinski definition) is 1. The van der Waals surface area contributed by atoms with Gasteiger partial charge in [-0.15, -0.1) is 0 Å². The first-order valence-corrected chi connectivity index (χ1v) is 4.47. The van der Waals surface area contributed by atoms with Crippen LogP contribution in [0.1, 0.15) is 5.56 Å². The molecule has 0 aliphatic heterocycles. The van der Waals surface area contributed by atoms with Gasteiger partial charge in [-0.05, 0) is 22.0 Å². The normalized spacial score (nSPS) is 10.8. The third kappa shape index (κ3) is 1.06. The topological polar surface area (TPSA) is 39.2 Å². The Bertz CT molecular complexity index is 408. The van der Waals surface area contributed by atoms with Crippen molar-refractivity contribution in [2.24, 2.45) is 5.73 Å². The Hall–Kier alpha value is -0.800. The summed E-state index contributed by atoms with van der Waals surface area (Å²) in [5.41, 5.74) is 7.47. The highest BCUT2D eigenvalue weighted by Gasteiger charge is 2.05. The average molecular weight is 226 g/mol. The number of rotatable bonds is 1. The first-order valence-electron chi connectivity index (χ1n) is 3.67. The van der Waals surface area contributed by atoms with Crippen LogP contribution in [0.5, 0.6) is 0 Å². The Morgan fingerprint density at radius 1 is 1.42 bits per heavy atom. The fraction of sp³-hybridized carbons (Fsp3) is 0.111. The van der Waals surface area contributed by atoms with E-state index in [1.54, 1.807) is 6.26 Å². The molecule has 12 heavy (non-hydrogen) atoms. The first-order chi connectivity index (χ1) is 5.83. The Kier molecular flexibility index (Phi) is 1.90. The van der Waals surface area contributed by atoms with E-state index in [2.05, 4.69) is 15.9 Å². The molecule has 1 heterocycles. The summed E-state index contributed by atoms with van der Waals surface area (Å²) in [7, 11) is 0. The lowest BCUT2D eigenvalue weighted by Crippen LogP contribution is -1.95. The van der Waals surface area contributed by atoms with Gasteiger partial charge in [-0.3, -0.25) is 0 Å². The fourth-order valence-electron chi connectivity index (χ4n) is 1.25. The lowest BCUT2D eigenvalue weighted by molar-refractivity contribution is 0.609. The van der Waals surface area contributed by atoms with Crippen molar-refractivity contribution < 1.29 is 4.42 Å². The second-order valence-electron chi connectivity index (χ2n) is 2.58. The molecule has 0 atom stereocenters. The number of fused-ring (bicyclic) bond motifs is 1. The molecule has 0 aliphatic carbocycles. The summed E-state index contributed by atoms with van der Waals surface area (Å²) in [4.78, 5) is 0. The monoisotopic (exact) mass is 225 g/mol. The van der Waals surface area contributed by atoms with Gasteiger partial charge < -0.3 is 10.2 Å². The van der Waals surface area contributed by atoms with E-state index in [1.165, 1.54) is 0 Å². The van der Waals surface area contributed by atoms with Crippen LogP contribution in [0.25, 0.3) is 11.0 Å². The Labute approximate surface area is 78.5 Å². The van der Waals surface area contributed by atoms with Crippen molar-refractivity contribution in [3.63, 3.8) is 0 Å². The minimum Gasteiger partial charge on any atom is -0.463 e. The van der Waals surface area contributed by atoms with Crippen molar-refractivity contribution in [3.8, 4) is 0 Å². The van der Waals surface area contributed by atoms with Crippen molar-refractivity contribution >= 4 is 26.9 Å². The van der Waals surface area contributed by atoms with Crippen molar-refractivity contribution in [1.29, 1.82) is 0 Å². The van der Waals surface area contributed by atoms with Gasteiger partial charge in [0.05, 0.1) is 4.47 Å². The van der Waals surface area contributed by atoms with E-state index in [0.717, 1.165) is 21.0 Å². The average Bonchev–Trinajstić information content (AvgIpc) is 2.48. The molecule has 0 aliphatic rings. The molecule has 2 N–H and O–H groups in total. The number of halogens is 1. The molecular weight excluding hydrogens is 218 g/mol. The highest BCUT2D eigenvalue weighted by Crippen LogP contribution is 2.27. The predicted molar refractivity (Wildman–Crippen MR) is 51.8 cm³/mol. The van der Waals surface area contributed by atoms with E-state index < -0.39 is 0 Å². The van der Waals surface area contributed by atoms with Crippen molar-refractivity contribution in [3.05, 3.63) is 34.5 Å². The van der Waals surface area contributed by atoms with E-state index in [-0.39, 0.29) is 0 Å². The molecule has 0 bridgehead atoms. The smallest absolute Gasteiger partial charge is 0.139 e. The molecule has 0 amide bonds. The summed E-state index contributed by atoms with van der Waals surface area (Å²) in [5.74, 6) is 0. The van der Waals surface area contributed by atoms with Crippen LogP contribution in [0.4, 0.5) is 0 Å². The summed E-state index contributed by atoms with van der Waals surface area (Å²) in [6.45, 7) is 0.511. The number of hydrogen-bond acceptors (Lipinski definition) is 2. The molecule has 0 saturated carbocycles. The van der Waals surface area contributed by atoms with E-state index in [4.69, 9.17) is 10.2 Å². The lowest BCUT2D eigenvalue weighted by atomic mass is 10.1. The van der Waals surface area contributed by atoms with E-state index >= 15 is 0 Å². The van der Waals surface area contributed by atoms with Crippen LogP contribution in [-0.2, 0) is 6.54 Å². The standard InChI is InChI=1S/C9H8BrNO/c10-8-5-12-9-6(4-11)2-1-3-7(8)9/h1-3,5H,4,11H2. The molecule has 2 nitrogen and oxygen atoms in total. The Morgan fingerprint density at radius 3 is 3.00 bits per heavy atom. The second-order valence-corrected chi connectivity index (χ2v) is 3.44. The molecule has 0 fully saturated rings. The van der Waals surface area contributed by atoms with E-state index in [1.807, 2.05) is 18.2 Å². The van der Waals surface area contributed by atoms with Crippen LogP contribution in [0, 0.1) is 0 Å². The Balaban J connectivity index is 2.81. The molecule has 1 aromatic heterocycles. The zero-order chi connectivity index (χ0) is 8.55. The van der Waals surface area contributed by atoms with Gasteiger partial charge in [-0.2, -0.15) is 0 Å². The third-order valence-corrected chi connectivity index (χ3v) is 2.47. The van der Waals surface area contributed by atoms with Gasteiger partial charge >= 0.3 is 0 Å². The number of nitrogens with two attached hydrogens (primary N) is 1. The molecule has 2 aromatic rings. The minimum atomic E-state index is 0.511. The quantitative estimate of drug-likeness (QED) is 0.811. The number of para-hydroxylation sites is 1. The lowest BCUT2D eigenvalue weighted by Gasteiger charge is -1.96. The van der Waals surface area contributed by atoms with Crippen molar-refractivity contribution in [2.45, 2.75) is 6.54 Å². The van der Waals surface area contributed by atoms with Crippen LogP contribution in [0.3, 0.4) is 0 Å². The maximum atomic E-state index is 5.55. The van der Waals surface area contributed by atoms with Crippen LogP contribution in [0.15, 0.2) is 33.4 Å². The summed E-state index contributed by atoms with van der Waals surface area (Å²) in [5, 5.41) is 1.08. The van der Waals surface area contributed by atoms with E-state index in [0.29, 0.717) is 6.54 Å². The second kappa shape index (κ2) is 2.92. The molecule has 62 valence electrons. The van der Waals surface area contributed by atoms with Gasteiger partial charge in [0.15, 0.2) is 0 Å². The van der Waals surface area contributed by atoms with Gasteiger partial charge in [-0.1, -0.05) is 12.1 Å². The highest BCUT2D eigenvalue weighted by molar-refractivity contribution is 9.10. The largest absolute Gasteiger partial charge is 0.463 e. The zero-order valence-corrected chi connectivity index (χ0v) is 7.97. The molecular formula is C9H8BrNO. The molecule has 1 aromatic carbocycles. The van der Waals surface area contributed by atoms with Crippen molar-refractivity contribution in [2.75, 3.05) is 0 Å². The summed E-state index contributed by atoms with van der Waals surface area (Å²) in [6.07, 6.45) is 1.68. The van der Waals surface area contributed by atoms with Crippen molar-refractivity contribution in [1.82, 2.24) is 0 Å². The third-order valence-electron chi connectivity index (χ3n) is 1.85. The van der Waals surface area contributed by atoms with Gasteiger partial charge in [0.2, 0.25) is 0 Å². The van der Waals surface area contributed by atoms with Crippen LogP contribution in [0.2, 0.25) is 0 Å². The van der Waals surface area contributed by atoms with Gasteiger partial charge in [0.1, 0.15) is 11.8 Å². The Morgan fingerprint density at radius 2 is 2.25 bits per heavy atom. The summed E-state index contributed by atoms with van der Waals surface area (Å²) < 4.78 is 6.32. The van der Waals surface area contributed by atoms with Gasteiger partial charge in [-0.25, -0.2) is 0 Å². The predicted octanol–water partition coefficient (Wildman–Crippen LogP) is 2.65. The van der Waals surface area contributed by atoms with Gasteiger partial charge in [0.25, 0.3) is 0 Å². The van der Waals surface area contributed by atoms with Gasteiger partial charge in [0, 0.05) is 17.5 Å². The maximum Gasteiger partial charge on any atom is 0.139 e. The van der Waals surface area contributed by atoms with Crippen LogP contribution in [-0.4, -0.2) is 0 Å². The molecule has 0 unspecified atom stereocenters. The molecule has 2 rings (SSSR count). The maximum absolute atomic E-state index is 5.55. The van der Waals surface area contributed by atoms with Crippen LogP contribution >= 0.6 is 15.9 Å². The van der Waals surface area contributed by atoms with E-state index in [9.17, 15) is 0 Å². The summed E-state index contributed by atoms with van der Waals surface area (Å²) >= 11 is 3.40. The molecule has 0 radical (unpaired) electrons. The summed E-state index contributed by atoms with van der Waals surface area (Å²) in [6, 6.07) is 5.95. The number of benzene rings is 1. The van der Waals surface area contributed by atoms with Crippen LogP contribution < -0.4 is 5.73 Å². The SMILES string of the molecule is NCc1cccc2c(Br)coc12. The fourth-order valence-corrected chi connectivity index (χ4v) is 1.65. The first kappa shape index (κ1) is 7.83. The highest BCUT2D eigenvalue weighted by atomic mass is 79.9. The molecule has 3 heteroatoms. The minimum absolute atomic E-state index is 0.511.